The predicted molar refractivity (Wildman–Crippen MR) is 58.8 cm³/mol. The predicted octanol–water partition coefficient (Wildman–Crippen LogP) is 2.39. The van der Waals surface area contributed by atoms with Crippen molar-refractivity contribution in [2.75, 3.05) is 18.3 Å². The molecule has 0 saturated heterocycles. The SMILES string of the molecule is CCOCS(=O)c1ccc(C(F)(F)F)cc1N. The third-order valence-corrected chi connectivity index (χ3v) is 3.22. The summed E-state index contributed by atoms with van der Waals surface area (Å²) < 4.78 is 53.6. The van der Waals surface area contributed by atoms with Crippen LogP contribution in [0.2, 0.25) is 0 Å². The number of nitrogens with two attached hydrogens (primary N) is 1. The van der Waals surface area contributed by atoms with E-state index in [0.717, 1.165) is 18.2 Å². The van der Waals surface area contributed by atoms with Crippen LogP contribution in [-0.4, -0.2) is 16.8 Å². The van der Waals surface area contributed by atoms with Crippen LogP contribution in [-0.2, 0) is 21.7 Å². The van der Waals surface area contributed by atoms with Crippen molar-refractivity contribution in [3.8, 4) is 0 Å². The van der Waals surface area contributed by atoms with E-state index < -0.39 is 22.5 Å². The molecular weight excluding hydrogens is 255 g/mol. The summed E-state index contributed by atoms with van der Waals surface area (Å²) in [6, 6.07) is 2.75. The second-order valence-corrected chi connectivity index (χ2v) is 4.57. The highest BCUT2D eigenvalue weighted by Crippen LogP contribution is 2.32. The van der Waals surface area contributed by atoms with E-state index in [2.05, 4.69) is 0 Å². The van der Waals surface area contributed by atoms with Gasteiger partial charge in [0.2, 0.25) is 0 Å². The average Bonchev–Trinajstić information content (AvgIpc) is 2.24. The number of alkyl halides is 3. The molecule has 1 unspecified atom stereocenters. The van der Waals surface area contributed by atoms with Crippen molar-refractivity contribution in [1.29, 1.82) is 0 Å². The molecule has 0 aliphatic carbocycles. The van der Waals surface area contributed by atoms with Crippen molar-refractivity contribution in [3.05, 3.63) is 23.8 Å². The van der Waals surface area contributed by atoms with Crippen LogP contribution in [0, 0.1) is 0 Å². The molecule has 0 spiro atoms. The zero-order valence-corrected chi connectivity index (χ0v) is 9.90. The molecule has 1 rings (SSSR count). The standard InChI is InChI=1S/C10H12F3NO2S/c1-2-16-6-17(15)9-4-3-7(5-8(9)14)10(11,12)13/h3-5H,2,6,14H2,1H3. The summed E-state index contributed by atoms with van der Waals surface area (Å²) in [5.41, 5.74) is 4.45. The number of benzene rings is 1. The summed E-state index contributed by atoms with van der Waals surface area (Å²) in [5.74, 6) is -0.0773. The van der Waals surface area contributed by atoms with Crippen LogP contribution in [0.15, 0.2) is 23.1 Å². The van der Waals surface area contributed by atoms with Gasteiger partial charge in [0, 0.05) is 12.3 Å². The number of hydrogen-bond acceptors (Lipinski definition) is 3. The van der Waals surface area contributed by atoms with Gasteiger partial charge in [-0.1, -0.05) is 0 Å². The monoisotopic (exact) mass is 267 g/mol. The molecule has 96 valence electrons. The van der Waals surface area contributed by atoms with Crippen LogP contribution in [0.3, 0.4) is 0 Å². The summed E-state index contributed by atoms with van der Waals surface area (Å²) in [6.07, 6.45) is -4.45. The van der Waals surface area contributed by atoms with Crippen molar-refractivity contribution in [3.63, 3.8) is 0 Å². The van der Waals surface area contributed by atoms with E-state index in [0.29, 0.717) is 6.61 Å². The molecule has 0 aromatic heterocycles. The highest BCUT2D eigenvalue weighted by atomic mass is 32.2. The summed E-state index contributed by atoms with van der Waals surface area (Å²) in [4.78, 5) is 0.159. The quantitative estimate of drug-likeness (QED) is 0.852. The number of ether oxygens (including phenoxy) is 1. The fraction of sp³-hybridized carbons (Fsp3) is 0.400. The normalized spacial score (nSPS) is 13.6. The van der Waals surface area contributed by atoms with E-state index in [1.807, 2.05) is 0 Å². The fourth-order valence-corrected chi connectivity index (χ4v) is 2.14. The van der Waals surface area contributed by atoms with Crippen LogP contribution >= 0.6 is 0 Å². The first-order chi connectivity index (χ1) is 7.86. The lowest BCUT2D eigenvalue weighted by atomic mass is 10.2. The van der Waals surface area contributed by atoms with Gasteiger partial charge in [-0.05, 0) is 25.1 Å². The maximum absolute atomic E-state index is 12.3. The summed E-state index contributed by atoms with van der Waals surface area (Å²) in [6.45, 7) is 2.11. The van der Waals surface area contributed by atoms with E-state index in [4.69, 9.17) is 10.5 Å². The number of hydrogen-bond donors (Lipinski definition) is 1. The Labute approximate surface area is 99.2 Å². The zero-order valence-electron chi connectivity index (χ0n) is 9.08. The molecule has 0 radical (unpaired) electrons. The van der Waals surface area contributed by atoms with Gasteiger partial charge in [0.05, 0.1) is 21.3 Å². The van der Waals surface area contributed by atoms with Crippen molar-refractivity contribution >= 4 is 16.5 Å². The first kappa shape index (κ1) is 14.0. The summed E-state index contributed by atoms with van der Waals surface area (Å²) in [5, 5.41) is 0. The summed E-state index contributed by atoms with van der Waals surface area (Å²) in [7, 11) is -1.54. The molecule has 3 nitrogen and oxygen atoms in total. The van der Waals surface area contributed by atoms with Gasteiger partial charge >= 0.3 is 6.18 Å². The maximum Gasteiger partial charge on any atom is 0.416 e. The first-order valence-electron chi connectivity index (χ1n) is 4.79. The molecule has 17 heavy (non-hydrogen) atoms. The smallest absolute Gasteiger partial charge is 0.398 e. The Morgan fingerprint density at radius 1 is 1.41 bits per heavy atom. The van der Waals surface area contributed by atoms with Gasteiger partial charge in [0.1, 0.15) is 5.94 Å². The molecule has 7 heteroatoms. The average molecular weight is 267 g/mol. The zero-order chi connectivity index (χ0) is 13.1. The van der Waals surface area contributed by atoms with Crippen LogP contribution in [0.5, 0.6) is 0 Å². The summed E-state index contributed by atoms with van der Waals surface area (Å²) >= 11 is 0. The Kier molecular flexibility index (Phi) is 4.53. The molecule has 1 aromatic carbocycles. The minimum Gasteiger partial charge on any atom is -0.398 e. The highest BCUT2D eigenvalue weighted by Gasteiger charge is 2.31. The van der Waals surface area contributed by atoms with Crippen molar-refractivity contribution in [2.45, 2.75) is 18.0 Å². The van der Waals surface area contributed by atoms with Gasteiger partial charge in [-0.2, -0.15) is 13.2 Å². The largest absolute Gasteiger partial charge is 0.416 e. The Hall–Kier alpha value is -1.08. The van der Waals surface area contributed by atoms with Crippen LogP contribution < -0.4 is 5.73 Å². The molecule has 0 aliphatic heterocycles. The molecule has 2 N–H and O–H groups in total. The third-order valence-electron chi connectivity index (χ3n) is 1.98. The fourth-order valence-electron chi connectivity index (χ4n) is 1.15. The second-order valence-electron chi connectivity index (χ2n) is 3.21. The van der Waals surface area contributed by atoms with Gasteiger partial charge in [-0.25, -0.2) is 0 Å². The number of nitrogen functional groups attached to an aromatic ring is 1. The minimum atomic E-state index is -4.45. The molecule has 0 bridgehead atoms. The second kappa shape index (κ2) is 5.50. The van der Waals surface area contributed by atoms with E-state index in [9.17, 15) is 17.4 Å². The Balaban J connectivity index is 2.94. The Bertz CT molecular complexity index is 421. The number of halogens is 3. The first-order valence-corrected chi connectivity index (χ1v) is 6.11. The number of anilines is 1. The molecule has 0 fully saturated rings. The highest BCUT2D eigenvalue weighted by molar-refractivity contribution is 7.85. The van der Waals surface area contributed by atoms with Crippen molar-refractivity contribution < 1.29 is 22.1 Å². The Morgan fingerprint density at radius 3 is 2.53 bits per heavy atom. The lowest BCUT2D eigenvalue weighted by Gasteiger charge is -2.10. The molecule has 0 amide bonds. The van der Waals surface area contributed by atoms with Crippen molar-refractivity contribution in [2.24, 2.45) is 0 Å². The lowest BCUT2D eigenvalue weighted by Crippen LogP contribution is -2.09. The van der Waals surface area contributed by atoms with E-state index >= 15 is 0 Å². The van der Waals surface area contributed by atoms with Crippen LogP contribution in [0.1, 0.15) is 12.5 Å². The van der Waals surface area contributed by atoms with E-state index in [-0.39, 0.29) is 16.5 Å². The lowest BCUT2D eigenvalue weighted by molar-refractivity contribution is -0.137. The Morgan fingerprint density at radius 2 is 2.06 bits per heavy atom. The molecule has 1 aromatic rings. The van der Waals surface area contributed by atoms with Gasteiger partial charge in [-0.15, -0.1) is 0 Å². The molecular formula is C10H12F3NO2S. The van der Waals surface area contributed by atoms with Crippen LogP contribution in [0.25, 0.3) is 0 Å². The van der Waals surface area contributed by atoms with Crippen molar-refractivity contribution in [1.82, 2.24) is 0 Å². The maximum atomic E-state index is 12.3. The molecule has 0 aliphatic rings. The minimum absolute atomic E-state index is 0.0773. The van der Waals surface area contributed by atoms with Gasteiger partial charge < -0.3 is 10.5 Å². The molecule has 1 atom stereocenters. The topological polar surface area (TPSA) is 52.3 Å². The third kappa shape index (κ3) is 3.71. The van der Waals surface area contributed by atoms with Gasteiger partial charge in [0.25, 0.3) is 0 Å². The number of rotatable bonds is 4. The van der Waals surface area contributed by atoms with E-state index in [1.165, 1.54) is 0 Å². The van der Waals surface area contributed by atoms with Gasteiger partial charge in [-0.3, -0.25) is 4.21 Å². The molecule has 0 saturated carbocycles. The van der Waals surface area contributed by atoms with E-state index in [1.54, 1.807) is 6.92 Å². The van der Waals surface area contributed by atoms with Crippen LogP contribution in [0.4, 0.5) is 18.9 Å². The van der Waals surface area contributed by atoms with Gasteiger partial charge in [0.15, 0.2) is 0 Å². The molecule has 0 heterocycles.